The van der Waals surface area contributed by atoms with Gasteiger partial charge in [0.2, 0.25) is 0 Å². The molecule has 0 spiro atoms. The molecule has 19 rings (SSSR count). The molecule has 0 amide bonds. The van der Waals surface area contributed by atoms with E-state index in [4.69, 9.17) is 9.97 Å². The van der Waals surface area contributed by atoms with Gasteiger partial charge in [0.1, 0.15) is 0 Å². The highest BCUT2D eigenvalue weighted by molar-refractivity contribution is 6.15. The zero-order valence-electron chi connectivity index (χ0n) is 50.7. The predicted molar refractivity (Wildman–Crippen MR) is 389 cm³/mol. The van der Waals surface area contributed by atoms with E-state index >= 15 is 0 Å². The van der Waals surface area contributed by atoms with Crippen LogP contribution in [0.25, 0.3) is 177 Å². The number of rotatable bonds is 9. The Morgan fingerprint density at radius 2 is 0.543 bits per heavy atom. The van der Waals surface area contributed by atoms with Gasteiger partial charge < -0.3 is 18.3 Å². The molecule has 5 heterocycles. The van der Waals surface area contributed by atoms with Crippen molar-refractivity contribution in [2.75, 3.05) is 0 Å². The molecule has 94 heavy (non-hydrogen) atoms. The van der Waals surface area contributed by atoms with Gasteiger partial charge in [-0.2, -0.15) is 5.26 Å². The average Bonchev–Trinajstić information content (AvgIpc) is 1.61. The summed E-state index contributed by atoms with van der Waals surface area (Å²) in [6, 6.07) is 118. The van der Waals surface area contributed by atoms with Crippen molar-refractivity contribution in [1.29, 1.82) is 5.26 Å². The van der Waals surface area contributed by atoms with Crippen LogP contribution in [-0.2, 0) is 0 Å². The number of para-hydroxylation sites is 6. The summed E-state index contributed by atoms with van der Waals surface area (Å²) in [7, 11) is 0. The standard InChI is InChI=1S/C87H53N7/c88-54-55-27-29-56(30-28-55)77-53-78(90-87(89-77)57-33-40-67(41-34-57)93-81-25-13-9-21-71(81)75-51-62(38-45-85(75)93)60-36-43-83-73(49-60)69-19-7-11-23-79(69)91(83)65-15-3-1-4-16-65)64-32-31-59-48-68(42-35-58(59)47-64)94-82-26-14-10-22-72(82)76-52-63(39-46-86(76)94)61-37-44-84-74(50-61)70-20-8-12-24-80(70)92(84)66-17-5-2-6-18-66/h1-53H. The summed E-state index contributed by atoms with van der Waals surface area (Å²) < 4.78 is 9.49. The largest absolute Gasteiger partial charge is 0.309 e. The predicted octanol–water partition coefficient (Wildman–Crippen LogP) is 22.2. The molecular formula is C87H53N7. The Morgan fingerprint density at radius 1 is 0.223 bits per heavy atom. The summed E-state index contributed by atoms with van der Waals surface area (Å²) in [5.41, 5.74) is 23.4. The molecule has 0 fully saturated rings. The molecule has 0 unspecified atom stereocenters. The fourth-order valence-electron chi connectivity index (χ4n) is 14.8. The van der Waals surface area contributed by atoms with E-state index in [9.17, 15) is 5.26 Å². The molecule has 0 N–H and O–H groups in total. The van der Waals surface area contributed by atoms with Crippen molar-refractivity contribution < 1.29 is 0 Å². The Labute approximate surface area is 540 Å². The van der Waals surface area contributed by atoms with E-state index in [1.165, 1.54) is 87.4 Å². The fourth-order valence-corrected chi connectivity index (χ4v) is 14.8. The van der Waals surface area contributed by atoms with E-state index in [0.717, 1.165) is 83.7 Å². The van der Waals surface area contributed by atoms with E-state index in [2.05, 4.69) is 322 Å². The van der Waals surface area contributed by atoms with Crippen molar-refractivity contribution in [2.45, 2.75) is 0 Å². The maximum absolute atomic E-state index is 9.74. The van der Waals surface area contributed by atoms with Gasteiger partial charge in [0.15, 0.2) is 5.82 Å². The van der Waals surface area contributed by atoms with Gasteiger partial charge in [-0.3, -0.25) is 0 Å². The second-order valence-electron chi connectivity index (χ2n) is 24.5. The number of benzene rings is 14. The van der Waals surface area contributed by atoms with Gasteiger partial charge in [-0.25, -0.2) is 9.97 Å². The molecule has 14 aromatic carbocycles. The van der Waals surface area contributed by atoms with E-state index < -0.39 is 0 Å². The molecule has 19 aromatic rings. The van der Waals surface area contributed by atoms with Crippen molar-refractivity contribution >= 4 is 98.0 Å². The van der Waals surface area contributed by atoms with E-state index in [1.807, 2.05) is 24.3 Å². The first-order valence-corrected chi connectivity index (χ1v) is 31.8. The van der Waals surface area contributed by atoms with Crippen molar-refractivity contribution in [2.24, 2.45) is 0 Å². The molecule has 7 nitrogen and oxygen atoms in total. The van der Waals surface area contributed by atoms with Crippen molar-refractivity contribution in [3.63, 3.8) is 0 Å². The smallest absolute Gasteiger partial charge is 0.160 e. The molecular weight excluding hydrogens is 1140 g/mol. The Bertz CT molecular complexity index is 6340. The third kappa shape index (κ3) is 8.44. The molecule has 0 bridgehead atoms. The lowest BCUT2D eigenvalue weighted by atomic mass is 10.0. The first kappa shape index (κ1) is 53.0. The van der Waals surface area contributed by atoms with E-state index in [-0.39, 0.29) is 0 Å². The lowest BCUT2D eigenvalue weighted by Gasteiger charge is -2.13. The van der Waals surface area contributed by atoms with Crippen LogP contribution >= 0.6 is 0 Å². The molecule has 7 heteroatoms. The Hall–Kier alpha value is -12.9. The summed E-state index contributed by atoms with van der Waals surface area (Å²) >= 11 is 0. The minimum Gasteiger partial charge on any atom is -0.309 e. The average molecular weight is 1200 g/mol. The normalized spacial score (nSPS) is 11.8. The quantitative estimate of drug-likeness (QED) is 0.145. The molecule has 0 aliphatic carbocycles. The topological polar surface area (TPSA) is 69.3 Å². The number of aromatic nitrogens is 6. The molecule has 436 valence electrons. The summed E-state index contributed by atoms with van der Waals surface area (Å²) in [5, 5.41) is 21.7. The van der Waals surface area contributed by atoms with Crippen LogP contribution in [0.1, 0.15) is 5.56 Å². The highest BCUT2D eigenvalue weighted by Gasteiger charge is 2.21. The highest BCUT2D eigenvalue weighted by Crippen LogP contribution is 2.42. The van der Waals surface area contributed by atoms with Gasteiger partial charge >= 0.3 is 0 Å². The Kier molecular flexibility index (Phi) is 11.9. The number of fused-ring (bicyclic) bond motifs is 13. The van der Waals surface area contributed by atoms with Crippen molar-refractivity contribution in [3.05, 3.63) is 327 Å². The van der Waals surface area contributed by atoms with Crippen LogP contribution < -0.4 is 0 Å². The van der Waals surface area contributed by atoms with Crippen LogP contribution in [0.2, 0.25) is 0 Å². The third-order valence-electron chi connectivity index (χ3n) is 19.2. The number of hydrogen-bond donors (Lipinski definition) is 0. The minimum absolute atomic E-state index is 0.595. The van der Waals surface area contributed by atoms with Crippen LogP contribution in [0, 0.1) is 11.3 Å². The van der Waals surface area contributed by atoms with Gasteiger partial charge in [0.25, 0.3) is 0 Å². The minimum atomic E-state index is 0.595. The number of nitriles is 1. The first-order valence-electron chi connectivity index (χ1n) is 31.8. The van der Waals surface area contributed by atoms with Gasteiger partial charge in [-0.05, 0) is 191 Å². The highest BCUT2D eigenvalue weighted by atomic mass is 15.0. The molecule has 0 atom stereocenters. The third-order valence-corrected chi connectivity index (χ3v) is 19.2. The van der Waals surface area contributed by atoms with Gasteiger partial charge in [-0.1, -0.05) is 164 Å². The van der Waals surface area contributed by atoms with Crippen LogP contribution in [0.5, 0.6) is 0 Å². The second kappa shape index (κ2) is 21.1. The maximum atomic E-state index is 9.74. The van der Waals surface area contributed by atoms with Crippen molar-refractivity contribution in [1.82, 2.24) is 28.2 Å². The van der Waals surface area contributed by atoms with Crippen LogP contribution in [0.15, 0.2) is 322 Å². The zero-order valence-corrected chi connectivity index (χ0v) is 50.7. The second-order valence-corrected chi connectivity index (χ2v) is 24.5. The number of nitrogens with zero attached hydrogens (tertiary/aromatic N) is 7. The van der Waals surface area contributed by atoms with E-state index in [1.54, 1.807) is 0 Å². The van der Waals surface area contributed by atoms with Crippen LogP contribution in [0.3, 0.4) is 0 Å². The summed E-state index contributed by atoms with van der Waals surface area (Å²) in [6.07, 6.45) is 0. The van der Waals surface area contributed by atoms with Crippen LogP contribution in [-0.4, -0.2) is 28.2 Å². The van der Waals surface area contributed by atoms with E-state index in [0.29, 0.717) is 11.4 Å². The Balaban J connectivity index is 0.662. The molecule has 0 saturated carbocycles. The molecule has 0 aliphatic heterocycles. The molecule has 0 saturated heterocycles. The molecule has 5 aromatic heterocycles. The Morgan fingerprint density at radius 3 is 0.979 bits per heavy atom. The summed E-state index contributed by atoms with van der Waals surface area (Å²) in [4.78, 5) is 10.6. The SMILES string of the molecule is N#Cc1ccc(-c2cc(-c3ccc4cc(-n5c6ccccc6c6cc(-c7ccc8c(c7)c7ccccc7n8-c7ccccc7)ccc65)ccc4c3)nc(-c3ccc(-n4c5ccccc5c5cc(-c6ccc7c(c6)c6ccccc6n7-c6ccccc6)ccc54)cc3)n2)cc1. The summed E-state index contributed by atoms with van der Waals surface area (Å²) in [5.74, 6) is 0.611. The zero-order chi connectivity index (χ0) is 62.0. The van der Waals surface area contributed by atoms with Gasteiger partial charge in [-0.15, -0.1) is 0 Å². The molecule has 0 aliphatic rings. The van der Waals surface area contributed by atoms with Crippen LogP contribution in [0.4, 0.5) is 0 Å². The lowest BCUT2D eigenvalue weighted by Crippen LogP contribution is -1.98. The first-order chi connectivity index (χ1) is 46.5. The fraction of sp³-hybridized carbons (Fsp3) is 0. The summed E-state index contributed by atoms with van der Waals surface area (Å²) in [6.45, 7) is 0. The number of hydrogen-bond acceptors (Lipinski definition) is 3. The molecule has 0 radical (unpaired) electrons. The van der Waals surface area contributed by atoms with Gasteiger partial charge in [0.05, 0.1) is 67.2 Å². The maximum Gasteiger partial charge on any atom is 0.160 e. The monoisotopic (exact) mass is 1200 g/mol. The van der Waals surface area contributed by atoms with Crippen molar-refractivity contribution in [3.8, 4) is 85.0 Å². The van der Waals surface area contributed by atoms with Gasteiger partial charge in [0, 0.05) is 82.5 Å². The lowest BCUT2D eigenvalue weighted by molar-refractivity contribution is 1.16.